The van der Waals surface area contributed by atoms with Crippen molar-refractivity contribution in [3.8, 4) is 0 Å². The number of hydrogen-bond acceptors (Lipinski definition) is 16. The summed E-state index contributed by atoms with van der Waals surface area (Å²) < 4.78 is 78.6. The fraction of sp³-hybridized carbons (Fsp3) is 0.406. The van der Waals surface area contributed by atoms with Crippen LogP contribution in [0.25, 0.3) is 0 Å². The van der Waals surface area contributed by atoms with Gasteiger partial charge in [-0.2, -0.15) is 0 Å². The van der Waals surface area contributed by atoms with E-state index < -0.39 is 96.1 Å². The summed E-state index contributed by atoms with van der Waals surface area (Å²) in [4.78, 5) is 40.3. The number of carbonyl (C=O) groups excluding carboxylic acids is 2. The van der Waals surface area contributed by atoms with E-state index in [4.69, 9.17) is 56.8 Å². The molecule has 2 aliphatic heterocycles. The van der Waals surface area contributed by atoms with Gasteiger partial charge < -0.3 is 62.2 Å². The first kappa shape index (κ1) is 61.1. The summed E-state index contributed by atoms with van der Waals surface area (Å²) in [7, 11) is 1.14. The molecular formula is C64H74N2O16. The molecule has 0 bridgehead atoms. The van der Waals surface area contributed by atoms with Crippen LogP contribution in [0.3, 0.4) is 0 Å². The normalized spacial score (nSPS) is 23.5. The molecule has 18 heteroatoms. The fourth-order valence-corrected chi connectivity index (χ4v) is 9.58. The summed E-state index contributed by atoms with van der Waals surface area (Å²) in [6.45, 7) is 6.85. The number of nitrogens with one attached hydrogen (secondary N) is 1. The highest BCUT2D eigenvalue weighted by atomic mass is 16.8. The SMILES string of the molecule is COC(=O)[C@H](NC(=O)OC(C)(C)C)[C@@H](C)O[C@H]1O[C@H](COCc2ccccc2)[C@H](OCc2ccccc2)[C@H](O[C@@H]2O[C@H](COCc3ccccc3)[C@H](OCc3ccccc3)[C@H](OCc3ccccc3)[C@H]2OCc2ccccc2)[C@H]1[N+](=O)[O-]. The van der Waals surface area contributed by atoms with Gasteiger partial charge in [0.15, 0.2) is 18.4 Å². The van der Waals surface area contributed by atoms with Crippen molar-refractivity contribution in [3.63, 3.8) is 0 Å². The van der Waals surface area contributed by atoms with Crippen molar-refractivity contribution in [2.45, 2.75) is 146 Å². The van der Waals surface area contributed by atoms with Crippen LogP contribution in [-0.4, -0.2) is 116 Å². The molecule has 436 valence electrons. The molecule has 12 atom stereocenters. The Morgan fingerprint density at radius 3 is 1.26 bits per heavy atom. The topological polar surface area (TPSA) is 200 Å². The van der Waals surface area contributed by atoms with Gasteiger partial charge in [0.25, 0.3) is 6.04 Å². The minimum Gasteiger partial charge on any atom is -0.467 e. The van der Waals surface area contributed by atoms with Crippen molar-refractivity contribution in [1.82, 2.24) is 5.32 Å². The van der Waals surface area contributed by atoms with Gasteiger partial charge in [-0.3, -0.25) is 10.1 Å². The molecule has 2 heterocycles. The lowest BCUT2D eigenvalue weighted by Crippen LogP contribution is -2.68. The first-order chi connectivity index (χ1) is 39.8. The predicted molar refractivity (Wildman–Crippen MR) is 301 cm³/mol. The maximum atomic E-state index is 14.1. The Kier molecular flexibility index (Phi) is 23.1. The maximum absolute atomic E-state index is 14.1. The average molecular weight is 1130 g/mol. The third-order valence-corrected chi connectivity index (χ3v) is 13.6. The predicted octanol–water partition coefficient (Wildman–Crippen LogP) is 9.71. The summed E-state index contributed by atoms with van der Waals surface area (Å²) >= 11 is 0. The molecule has 6 aromatic carbocycles. The second-order valence-corrected chi connectivity index (χ2v) is 21.0. The maximum Gasteiger partial charge on any atom is 0.408 e. The Balaban J connectivity index is 1.23. The van der Waals surface area contributed by atoms with E-state index in [1.165, 1.54) is 6.92 Å². The highest BCUT2D eigenvalue weighted by molar-refractivity contribution is 5.82. The number of ether oxygens (including phenoxy) is 12. The van der Waals surface area contributed by atoms with E-state index in [2.05, 4.69) is 5.32 Å². The van der Waals surface area contributed by atoms with Crippen molar-refractivity contribution in [1.29, 1.82) is 0 Å². The molecule has 0 saturated carbocycles. The first-order valence-electron chi connectivity index (χ1n) is 27.5. The van der Waals surface area contributed by atoms with Crippen LogP contribution in [0.4, 0.5) is 4.79 Å². The molecule has 0 spiro atoms. The molecule has 1 N–H and O–H groups in total. The van der Waals surface area contributed by atoms with Gasteiger partial charge >= 0.3 is 12.1 Å². The van der Waals surface area contributed by atoms with Crippen molar-refractivity contribution in [2.24, 2.45) is 0 Å². The van der Waals surface area contributed by atoms with E-state index in [9.17, 15) is 19.7 Å². The summed E-state index contributed by atoms with van der Waals surface area (Å²) in [6, 6.07) is 53.9. The van der Waals surface area contributed by atoms with Gasteiger partial charge in [0.2, 0.25) is 6.29 Å². The molecule has 1 amide bonds. The number of amides is 1. The van der Waals surface area contributed by atoms with Gasteiger partial charge in [0.05, 0.1) is 66.1 Å². The first-order valence-corrected chi connectivity index (χ1v) is 27.5. The summed E-state index contributed by atoms with van der Waals surface area (Å²) in [5.74, 6) is -0.911. The van der Waals surface area contributed by atoms with E-state index in [0.29, 0.717) is 0 Å². The number of hydrogen-bond donors (Lipinski definition) is 1. The lowest BCUT2D eigenvalue weighted by atomic mass is 9.94. The molecule has 0 radical (unpaired) electrons. The molecule has 8 rings (SSSR count). The Morgan fingerprint density at radius 1 is 0.524 bits per heavy atom. The monoisotopic (exact) mass is 1130 g/mol. The van der Waals surface area contributed by atoms with Crippen LogP contribution in [0.2, 0.25) is 0 Å². The van der Waals surface area contributed by atoms with E-state index >= 15 is 0 Å². The summed E-state index contributed by atoms with van der Waals surface area (Å²) in [6.07, 6.45) is -13.5. The quantitative estimate of drug-likeness (QED) is 0.0276. The average Bonchev–Trinajstić information content (AvgIpc) is 3.06. The van der Waals surface area contributed by atoms with Gasteiger partial charge in [-0.1, -0.05) is 182 Å². The van der Waals surface area contributed by atoms with Crippen LogP contribution >= 0.6 is 0 Å². The molecule has 0 unspecified atom stereocenters. The van der Waals surface area contributed by atoms with Crippen molar-refractivity contribution >= 4 is 12.1 Å². The number of esters is 1. The van der Waals surface area contributed by atoms with E-state index in [0.717, 1.165) is 40.5 Å². The Hall–Kier alpha value is -6.94. The second kappa shape index (κ2) is 30.9. The number of nitrogens with zero attached hydrogens (tertiary/aromatic N) is 1. The number of nitro groups is 1. The zero-order valence-corrected chi connectivity index (χ0v) is 46.9. The lowest BCUT2D eigenvalue weighted by Gasteiger charge is -2.49. The number of carbonyl (C=O) groups is 2. The van der Waals surface area contributed by atoms with Crippen LogP contribution < -0.4 is 5.32 Å². The number of benzene rings is 6. The van der Waals surface area contributed by atoms with E-state index in [1.807, 2.05) is 182 Å². The number of methoxy groups -OCH3 is 1. The molecule has 0 aliphatic carbocycles. The smallest absolute Gasteiger partial charge is 0.408 e. The van der Waals surface area contributed by atoms with Crippen LogP contribution in [0.15, 0.2) is 182 Å². The molecule has 82 heavy (non-hydrogen) atoms. The van der Waals surface area contributed by atoms with Gasteiger partial charge in [-0.25, -0.2) is 9.59 Å². The van der Waals surface area contributed by atoms with Crippen LogP contribution in [0.1, 0.15) is 61.1 Å². The van der Waals surface area contributed by atoms with Gasteiger partial charge in [-0.05, 0) is 61.1 Å². The second-order valence-electron chi connectivity index (χ2n) is 21.0. The zero-order valence-electron chi connectivity index (χ0n) is 46.9. The largest absolute Gasteiger partial charge is 0.467 e. The van der Waals surface area contributed by atoms with Crippen molar-refractivity contribution < 1.29 is 71.4 Å². The number of rotatable bonds is 28. The third-order valence-electron chi connectivity index (χ3n) is 13.6. The molecule has 18 nitrogen and oxygen atoms in total. The summed E-state index contributed by atoms with van der Waals surface area (Å²) in [5, 5.41) is 16.6. The fourth-order valence-electron chi connectivity index (χ4n) is 9.58. The minimum absolute atomic E-state index is 0.0336. The zero-order chi connectivity index (χ0) is 57.7. The third kappa shape index (κ3) is 18.3. The van der Waals surface area contributed by atoms with Gasteiger partial charge in [0.1, 0.15) is 42.2 Å². The summed E-state index contributed by atoms with van der Waals surface area (Å²) in [5.41, 5.74) is 4.14. The van der Waals surface area contributed by atoms with Crippen LogP contribution in [0, 0.1) is 10.1 Å². The molecule has 2 aliphatic rings. The molecular weight excluding hydrogens is 1050 g/mol. The Bertz CT molecular complexity index is 2820. The van der Waals surface area contributed by atoms with Gasteiger partial charge in [0, 0.05) is 4.92 Å². The number of alkyl carbamates (subject to hydrolysis) is 1. The molecule has 2 fully saturated rings. The molecule has 2 saturated heterocycles. The van der Waals surface area contributed by atoms with Gasteiger partial charge in [-0.15, -0.1) is 0 Å². The lowest BCUT2D eigenvalue weighted by molar-refractivity contribution is -0.581. The highest BCUT2D eigenvalue weighted by Crippen LogP contribution is 2.37. The minimum atomic E-state index is -1.92. The highest BCUT2D eigenvalue weighted by Gasteiger charge is 2.59. The Labute approximate surface area is 479 Å². The van der Waals surface area contributed by atoms with Crippen LogP contribution in [0.5, 0.6) is 0 Å². The Morgan fingerprint density at radius 2 is 0.878 bits per heavy atom. The molecule has 0 aromatic heterocycles. The van der Waals surface area contributed by atoms with Crippen molar-refractivity contribution in [2.75, 3.05) is 20.3 Å². The van der Waals surface area contributed by atoms with Crippen LogP contribution in [-0.2, 0) is 101 Å². The van der Waals surface area contributed by atoms with Crippen molar-refractivity contribution in [3.05, 3.63) is 225 Å². The standard InChI is InChI=1S/C64H74N2O16/c1-44(53(60(67)71-5)65-63(68)82-64(2,3)4)78-61-54(66(69)70)57(55(74-38-47-28-16-8-17-29-47)51(79-61)42-72-36-45-24-12-6-13-25-45)81-62-59(77-41-50-34-22-11-23-35-50)58(76-40-49-32-20-10-21-33-49)56(75-39-48-30-18-9-19-31-48)52(80-62)43-73-37-46-26-14-7-15-27-46/h6-35,44,51-59,61-62H,36-43H2,1-5H3,(H,65,68)/t44-,51-,52-,53-,54-,55+,56+,57-,58+,59-,61+,62+/m1/s1. The molecule has 6 aromatic rings. The van der Waals surface area contributed by atoms with E-state index in [1.54, 1.807) is 20.8 Å². The van der Waals surface area contributed by atoms with E-state index in [-0.39, 0.29) is 52.9 Å².